The molecule has 7 aromatic rings. The highest BCUT2D eigenvalue weighted by atomic mass is 15.0. The molecule has 11 rings (SSSR count). The summed E-state index contributed by atoms with van der Waals surface area (Å²) in [5.41, 5.74) is 16.7. The maximum atomic E-state index is 5.31. The first-order valence-electron chi connectivity index (χ1n) is 19.0. The van der Waals surface area contributed by atoms with Gasteiger partial charge in [0.1, 0.15) is 0 Å². The average Bonchev–Trinajstić information content (AvgIpc) is 3.25. The van der Waals surface area contributed by atoms with Crippen LogP contribution in [0.4, 0.5) is 17.1 Å². The van der Waals surface area contributed by atoms with Crippen molar-refractivity contribution in [3.8, 4) is 0 Å². The lowest BCUT2D eigenvalue weighted by Crippen LogP contribution is -2.19. The van der Waals surface area contributed by atoms with Crippen molar-refractivity contribution in [1.29, 1.82) is 0 Å². The van der Waals surface area contributed by atoms with Gasteiger partial charge in [0.2, 0.25) is 0 Å². The zero-order valence-electron chi connectivity index (χ0n) is 29.8. The van der Waals surface area contributed by atoms with Gasteiger partial charge in [-0.1, -0.05) is 164 Å². The van der Waals surface area contributed by atoms with Gasteiger partial charge in [0.15, 0.2) is 0 Å². The van der Waals surface area contributed by atoms with Crippen molar-refractivity contribution in [2.45, 2.75) is 31.0 Å². The first kappa shape index (κ1) is 30.9. The number of benzene rings is 6. The minimum absolute atomic E-state index is 0.0434. The van der Waals surface area contributed by atoms with Crippen molar-refractivity contribution in [1.82, 2.24) is 4.98 Å². The van der Waals surface area contributed by atoms with Crippen LogP contribution in [0.2, 0.25) is 0 Å². The number of hydrogen-bond donors (Lipinski definition) is 3. The Bertz CT molecular complexity index is 2760. The summed E-state index contributed by atoms with van der Waals surface area (Å²) in [5, 5.41) is 15.3. The maximum Gasteiger partial charge on any atom is 0.0947 e. The molecule has 0 saturated carbocycles. The van der Waals surface area contributed by atoms with Crippen molar-refractivity contribution in [3.05, 3.63) is 202 Å². The third-order valence-electron chi connectivity index (χ3n) is 11.6. The van der Waals surface area contributed by atoms with Crippen LogP contribution in [0.5, 0.6) is 0 Å². The van der Waals surface area contributed by atoms with Gasteiger partial charge < -0.3 is 16.0 Å². The summed E-state index contributed by atoms with van der Waals surface area (Å²) in [6, 6.07) is 46.4. The molecule has 4 heteroatoms. The fraction of sp³-hybridized carbons (Fsp3) is 0.100. The van der Waals surface area contributed by atoms with Crippen molar-refractivity contribution >= 4 is 62.5 Å². The number of nitrogens with one attached hydrogen (secondary N) is 3. The Morgan fingerprint density at radius 2 is 1.11 bits per heavy atom. The molecular weight excluding hydrogens is 657 g/mol. The van der Waals surface area contributed by atoms with Gasteiger partial charge in [-0.25, -0.2) is 4.98 Å². The normalized spacial score (nSPS) is 19.1. The summed E-state index contributed by atoms with van der Waals surface area (Å²) >= 11 is 0. The Balaban J connectivity index is 0.854. The van der Waals surface area contributed by atoms with E-state index in [1.807, 2.05) is 0 Å². The Morgan fingerprint density at radius 3 is 1.91 bits per heavy atom. The number of rotatable bonds is 4. The predicted molar refractivity (Wildman–Crippen MR) is 227 cm³/mol. The molecule has 4 heterocycles. The van der Waals surface area contributed by atoms with Gasteiger partial charge in [-0.3, -0.25) is 0 Å². The summed E-state index contributed by atoms with van der Waals surface area (Å²) in [5.74, 6) is 0. The topological polar surface area (TPSA) is 49.0 Å². The van der Waals surface area contributed by atoms with Crippen molar-refractivity contribution in [3.63, 3.8) is 0 Å². The number of aromatic nitrogens is 1. The quantitative estimate of drug-likeness (QED) is 0.172. The molecule has 0 amide bonds. The van der Waals surface area contributed by atoms with Crippen LogP contribution in [0, 0.1) is 0 Å². The average molecular weight is 695 g/mol. The molecule has 3 atom stereocenters. The fourth-order valence-electron chi connectivity index (χ4n) is 8.81. The number of allylic oxidation sites excluding steroid dienone is 1. The summed E-state index contributed by atoms with van der Waals surface area (Å²) in [4.78, 5) is 5.31. The number of nitrogens with zero attached hydrogens (tertiary/aromatic N) is 1. The number of aryl methyl sites for hydroxylation is 1. The zero-order chi connectivity index (χ0) is 35.6. The Morgan fingerprint density at radius 1 is 0.500 bits per heavy atom. The molecule has 54 heavy (non-hydrogen) atoms. The lowest BCUT2D eigenvalue weighted by atomic mass is 9.88. The highest BCUT2D eigenvalue weighted by molar-refractivity contribution is 5.98. The van der Waals surface area contributed by atoms with Crippen molar-refractivity contribution < 1.29 is 0 Å². The molecule has 3 aliphatic heterocycles. The Labute approximate surface area is 315 Å². The van der Waals surface area contributed by atoms with E-state index in [4.69, 9.17) is 4.98 Å². The molecule has 0 radical (unpaired) electrons. The van der Waals surface area contributed by atoms with E-state index in [2.05, 4.69) is 186 Å². The number of fused-ring (bicyclic) bond motifs is 8. The summed E-state index contributed by atoms with van der Waals surface area (Å²) in [6.45, 7) is 0. The van der Waals surface area contributed by atoms with Crippen molar-refractivity contribution in [2.75, 3.05) is 16.0 Å². The molecule has 4 aliphatic rings. The van der Waals surface area contributed by atoms with Gasteiger partial charge in [-0.2, -0.15) is 0 Å². The van der Waals surface area contributed by atoms with Crippen LogP contribution in [0.15, 0.2) is 152 Å². The van der Waals surface area contributed by atoms with E-state index in [-0.39, 0.29) is 18.1 Å². The number of anilines is 3. The predicted octanol–water partition coefficient (Wildman–Crippen LogP) is 12.3. The molecule has 1 aromatic heterocycles. The fourth-order valence-corrected chi connectivity index (χ4v) is 8.81. The van der Waals surface area contributed by atoms with Gasteiger partial charge in [0, 0.05) is 11.0 Å². The highest BCUT2D eigenvalue weighted by Gasteiger charge is 2.25. The molecule has 1 aliphatic carbocycles. The smallest absolute Gasteiger partial charge is 0.0947 e. The lowest BCUT2D eigenvalue weighted by Gasteiger charge is -2.31. The molecule has 3 N–H and O–H groups in total. The third kappa shape index (κ3) is 5.17. The SMILES string of the molecule is C1=CC(c2ccc(C3C=Cc4ccc5ccc(C6=CCCc7ccccc76)nc5c4N3)cc2)Nc2c1ccc1c2NC(c2cccc3ccccc23)C=C1. The summed E-state index contributed by atoms with van der Waals surface area (Å²) in [6.07, 6.45) is 18.1. The monoisotopic (exact) mass is 694 g/mol. The molecule has 4 nitrogen and oxygen atoms in total. The van der Waals surface area contributed by atoms with E-state index < -0.39 is 0 Å². The van der Waals surface area contributed by atoms with E-state index in [0.717, 1.165) is 46.5 Å². The van der Waals surface area contributed by atoms with E-state index in [0.29, 0.717) is 0 Å². The highest BCUT2D eigenvalue weighted by Crippen LogP contribution is 2.44. The Hall–Kier alpha value is -6.65. The molecule has 3 unspecified atom stereocenters. The van der Waals surface area contributed by atoms with Crippen LogP contribution in [-0.2, 0) is 6.42 Å². The van der Waals surface area contributed by atoms with E-state index in [9.17, 15) is 0 Å². The first-order valence-corrected chi connectivity index (χ1v) is 19.0. The van der Waals surface area contributed by atoms with Crippen LogP contribution in [-0.4, -0.2) is 4.98 Å². The van der Waals surface area contributed by atoms with E-state index in [1.54, 1.807) is 0 Å². The summed E-state index contributed by atoms with van der Waals surface area (Å²) < 4.78 is 0. The minimum atomic E-state index is 0.0434. The van der Waals surface area contributed by atoms with Crippen LogP contribution in [0.25, 0.3) is 45.5 Å². The molecule has 6 aromatic carbocycles. The first-order chi connectivity index (χ1) is 26.7. The summed E-state index contributed by atoms with van der Waals surface area (Å²) in [7, 11) is 0. The molecule has 0 spiro atoms. The van der Waals surface area contributed by atoms with Gasteiger partial charge in [0.05, 0.1) is 46.4 Å². The molecular formula is C50H38N4. The third-order valence-corrected chi connectivity index (χ3v) is 11.6. The van der Waals surface area contributed by atoms with Gasteiger partial charge in [-0.05, 0) is 74.2 Å². The number of hydrogen-bond acceptors (Lipinski definition) is 4. The van der Waals surface area contributed by atoms with E-state index in [1.165, 1.54) is 60.9 Å². The van der Waals surface area contributed by atoms with Crippen LogP contribution in [0.3, 0.4) is 0 Å². The molecule has 0 bridgehead atoms. The van der Waals surface area contributed by atoms with Gasteiger partial charge in [-0.15, -0.1) is 0 Å². The van der Waals surface area contributed by atoms with Crippen LogP contribution in [0.1, 0.15) is 74.7 Å². The lowest BCUT2D eigenvalue weighted by molar-refractivity contribution is 0.946. The van der Waals surface area contributed by atoms with Crippen molar-refractivity contribution in [2.24, 2.45) is 0 Å². The molecule has 0 saturated heterocycles. The maximum absolute atomic E-state index is 5.31. The van der Waals surface area contributed by atoms with Crippen LogP contribution >= 0.6 is 0 Å². The second kappa shape index (κ2) is 12.5. The number of pyridine rings is 1. The second-order valence-corrected chi connectivity index (χ2v) is 14.8. The van der Waals surface area contributed by atoms with E-state index >= 15 is 0 Å². The largest absolute Gasteiger partial charge is 0.373 e. The molecule has 0 fully saturated rings. The second-order valence-electron chi connectivity index (χ2n) is 14.8. The standard InChI is InChI=1S/C50H38N4/c1-3-11-39-31(7-1)9-5-13-41(39)45-29-25-37-21-19-35-23-27-43(51-47(35)49(37)53-45)33-15-17-34(18-16-33)44-28-24-36-20-22-38-26-30-46(54-50(38)48(36)52-44)42-14-6-10-32-8-2-4-12-40(32)42/h1-5,7-9,11-30,43-45,51-53H,6,10H2. The van der Waals surface area contributed by atoms with Gasteiger partial charge >= 0.3 is 0 Å². The van der Waals surface area contributed by atoms with Gasteiger partial charge in [0.25, 0.3) is 0 Å². The molecule has 258 valence electrons. The minimum Gasteiger partial charge on any atom is -0.373 e. The Kier molecular flexibility index (Phi) is 7.16. The van der Waals surface area contributed by atoms with Crippen LogP contribution < -0.4 is 16.0 Å². The zero-order valence-corrected chi connectivity index (χ0v) is 29.8.